The molecule has 0 amide bonds. The summed E-state index contributed by atoms with van der Waals surface area (Å²) in [4.78, 5) is 9.98. The van der Waals surface area contributed by atoms with Crippen LogP contribution in [-0.4, -0.2) is 28.4 Å². The van der Waals surface area contributed by atoms with Crippen LogP contribution in [0, 0.1) is 10.1 Å². The van der Waals surface area contributed by atoms with E-state index in [1.165, 1.54) is 20.1 Å². The second-order valence-electron chi connectivity index (χ2n) is 3.61. The van der Waals surface area contributed by atoms with Crippen molar-refractivity contribution < 1.29 is 19.9 Å². The van der Waals surface area contributed by atoms with E-state index in [9.17, 15) is 20.3 Å². The Morgan fingerprint density at radius 2 is 2.12 bits per heavy atom. The molecule has 0 aliphatic heterocycles. The second kappa shape index (κ2) is 4.98. The molecule has 1 rings (SSSR count). The van der Waals surface area contributed by atoms with Crippen molar-refractivity contribution >= 4 is 5.69 Å². The zero-order chi connectivity index (χ0) is 13.2. The number of aromatic hydroxyl groups is 1. The SMILES string of the molecule is COc1cc([C@H](N)[C@@H](C)O)cc([N+](=O)[O-])c1O. The van der Waals surface area contributed by atoms with Crippen molar-refractivity contribution in [2.75, 3.05) is 7.11 Å². The van der Waals surface area contributed by atoms with E-state index >= 15 is 0 Å². The number of nitro benzene ring substituents is 1. The Balaban J connectivity index is 3.34. The normalized spacial score (nSPS) is 14.1. The molecule has 0 saturated heterocycles. The van der Waals surface area contributed by atoms with Crippen LogP contribution in [0.5, 0.6) is 11.5 Å². The highest BCUT2D eigenvalue weighted by molar-refractivity contribution is 5.57. The number of hydrogen-bond acceptors (Lipinski definition) is 6. The molecule has 0 heterocycles. The lowest BCUT2D eigenvalue weighted by atomic mass is 10.0. The van der Waals surface area contributed by atoms with Crippen molar-refractivity contribution in [2.24, 2.45) is 5.73 Å². The summed E-state index contributed by atoms with van der Waals surface area (Å²) in [5, 5.41) is 29.6. The van der Waals surface area contributed by atoms with Gasteiger partial charge in [-0.05, 0) is 18.6 Å². The van der Waals surface area contributed by atoms with Gasteiger partial charge in [0.25, 0.3) is 0 Å². The summed E-state index contributed by atoms with van der Waals surface area (Å²) in [6.07, 6.45) is -0.871. The van der Waals surface area contributed by atoms with Gasteiger partial charge in [0.05, 0.1) is 24.2 Å². The molecule has 0 saturated carbocycles. The first kappa shape index (κ1) is 13.2. The van der Waals surface area contributed by atoms with E-state index in [4.69, 9.17) is 10.5 Å². The van der Waals surface area contributed by atoms with E-state index in [1.807, 2.05) is 0 Å². The van der Waals surface area contributed by atoms with Gasteiger partial charge in [-0.1, -0.05) is 0 Å². The van der Waals surface area contributed by atoms with Gasteiger partial charge in [0.15, 0.2) is 5.75 Å². The maximum atomic E-state index is 10.7. The average molecular weight is 242 g/mol. The highest BCUT2D eigenvalue weighted by Crippen LogP contribution is 2.38. The molecule has 17 heavy (non-hydrogen) atoms. The number of phenolic OH excluding ortho intramolecular Hbond substituents is 1. The minimum Gasteiger partial charge on any atom is -0.500 e. The molecule has 0 aromatic heterocycles. The van der Waals surface area contributed by atoms with Crippen LogP contribution in [0.2, 0.25) is 0 Å². The topological polar surface area (TPSA) is 119 Å². The van der Waals surface area contributed by atoms with Crippen LogP contribution in [0.1, 0.15) is 18.5 Å². The molecule has 2 atom stereocenters. The van der Waals surface area contributed by atoms with E-state index in [1.54, 1.807) is 0 Å². The molecule has 0 spiro atoms. The summed E-state index contributed by atoms with van der Waals surface area (Å²) in [6, 6.07) is 1.69. The molecule has 7 nitrogen and oxygen atoms in total. The Bertz CT molecular complexity index is 433. The van der Waals surface area contributed by atoms with Crippen molar-refractivity contribution in [1.29, 1.82) is 0 Å². The molecule has 1 aromatic rings. The van der Waals surface area contributed by atoms with Crippen LogP contribution in [0.15, 0.2) is 12.1 Å². The molecule has 0 fully saturated rings. The molecular formula is C10H14N2O5. The van der Waals surface area contributed by atoms with Crippen molar-refractivity contribution in [1.82, 2.24) is 0 Å². The van der Waals surface area contributed by atoms with Crippen LogP contribution < -0.4 is 10.5 Å². The zero-order valence-corrected chi connectivity index (χ0v) is 9.45. The highest BCUT2D eigenvalue weighted by Gasteiger charge is 2.23. The van der Waals surface area contributed by atoms with E-state index in [2.05, 4.69) is 0 Å². The summed E-state index contributed by atoms with van der Waals surface area (Å²) < 4.78 is 4.81. The molecular weight excluding hydrogens is 228 g/mol. The number of nitrogens with two attached hydrogens (primary N) is 1. The molecule has 0 radical (unpaired) electrons. The molecule has 7 heteroatoms. The van der Waals surface area contributed by atoms with Crippen molar-refractivity contribution in [3.63, 3.8) is 0 Å². The average Bonchev–Trinajstić information content (AvgIpc) is 2.27. The maximum Gasteiger partial charge on any atom is 0.314 e. The lowest BCUT2D eigenvalue weighted by molar-refractivity contribution is -0.386. The third-order valence-electron chi connectivity index (χ3n) is 2.40. The molecule has 0 aliphatic rings. The highest BCUT2D eigenvalue weighted by atomic mass is 16.6. The number of ether oxygens (including phenoxy) is 1. The Morgan fingerprint density at radius 1 is 1.53 bits per heavy atom. The van der Waals surface area contributed by atoms with Gasteiger partial charge in [-0.15, -0.1) is 0 Å². The quantitative estimate of drug-likeness (QED) is 0.528. The van der Waals surface area contributed by atoms with Gasteiger partial charge in [-0.3, -0.25) is 10.1 Å². The number of benzene rings is 1. The molecule has 0 aliphatic carbocycles. The van der Waals surface area contributed by atoms with E-state index in [0.717, 1.165) is 6.07 Å². The number of aliphatic hydroxyl groups excluding tert-OH is 1. The van der Waals surface area contributed by atoms with Gasteiger partial charge in [0.1, 0.15) is 0 Å². The van der Waals surface area contributed by atoms with Gasteiger partial charge in [0, 0.05) is 6.07 Å². The smallest absolute Gasteiger partial charge is 0.314 e. The number of nitro groups is 1. The zero-order valence-electron chi connectivity index (χ0n) is 9.45. The van der Waals surface area contributed by atoms with Crippen LogP contribution in [-0.2, 0) is 0 Å². The van der Waals surface area contributed by atoms with Gasteiger partial charge < -0.3 is 20.7 Å². The van der Waals surface area contributed by atoms with E-state index in [-0.39, 0.29) is 5.75 Å². The number of hydrogen-bond donors (Lipinski definition) is 3. The van der Waals surface area contributed by atoms with Crippen molar-refractivity contribution in [3.8, 4) is 11.5 Å². The van der Waals surface area contributed by atoms with Gasteiger partial charge >= 0.3 is 5.69 Å². The minimum absolute atomic E-state index is 0.0506. The summed E-state index contributed by atoms with van der Waals surface area (Å²) >= 11 is 0. The lowest BCUT2D eigenvalue weighted by Crippen LogP contribution is -2.23. The number of aliphatic hydroxyl groups is 1. The predicted octanol–water partition coefficient (Wildman–Crippen LogP) is 0.690. The Labute approximate surface area is 97.6 Å². The maximum absolute atomic E-state index is 10.7. The number of methoxy groups -OCH3 is 1. The Morgan fingerprint density at radius 3 is 2.53 bits per heavy atom. The largest absolute Gasteiger partial charge is 0.500 e. The first-order valence-electron chi connectivity index (χ1n) is 4.87. The van der Waals surface area contributed by atoms with Crippen LogP contribution in [0.3, 0.4) is 0 Å². The molecule has 4 N–H and O–H groups in total. The van der Waals surface area contributed by atoms with Gasteiger partial charge in [0.2, 0.25) is 5.75 Å². The molecule has 94 valence electrons. The van der Waals surface area contributed by atoms with Gasteiger partial charge in [-0.25, -0.2) is 0 Å². The van der Waals surface area contributed by atoms with Crippen LogP contribution in [0.4, 0.5) is 5.69 Å². The summed E-state index contributed by atoms with van der Waals surface area (Å²) in [5.41, 5.74) is 5.49. The number of rotatable bonds is 4. The minimum atomic E-state index is -0.871. The number of nitrogens with zero attached hydrogens (tertiary/aromatic N) is 1. The third kappa shape index (κ3) is 2.63. The summed E-state index contributed by atoms with van der Waals surface area (Å²) in [7, 11) is 1.27. The summed E-state index contributed by atoms with van der Waals surface area (Å²) in [5.74, 6) is -0.607. The fraction of sp³-hybridized carbons (Fsp3) is 0.400. The first-order valence-corrected chi connectivity index (χ1v) is 4.87. The lowest BCUT2D eigenvalue weighted by Gasteiger charge is -2.16. The molecule has 1 aromatic carbocycles. The first-order chi connectivity index (χ1) is 7.88. The Hall–Kier alpha value is -1.86. The van der Waals surface area contributed by atoms with E-state index < -0.39 is 28.5 Å². The second-order valence-corrected chi connectivity index (χ2v) is 3.61. The molecule has 0 unspecified atom stereocenters. The number of phenols is 1. The summed E-state index contributed by atoms with van der Waals surface area (Å²) in [6.45, 7) is 1.47. The predicted molar refractivity (Wildman–Crippen MR) is 59.9 cm³/mol. The van der Waals surface area contributed by atoms with Crippen LogP contribution >= 0.6 is 0 Å². The fourth-order valence-electron chi connectivity index (χ4n) is 1.38. The molecule has 0 bridgehead atoms. The van der Waals surface area contributed by atoms with Gasteiger partial charge in [-0.2, -0.15) is 0 Å². The van der Waals surface area contributed by atoms with Crippen molar-refractivity contribution in [2.45, 2.75) is 19.1 Å². The monoisotopic (exact) mass is 242 g/mol. The van der Waals surface area contributed by atoms with Crippen LogP contribution in [0.25, 0.3) is 0 Å². The van der Waals surface area contributed by atoms with E-state index in [0.29, 0.717) is 5.56 Å². The standard InChI is InChI=1S/C10H14N2O5/c1-5(13)9(11)6-3-7(12(15)16)10(14)8(4-6)17-2/h3-5,9,13-14H,11H2,1-2H3/t5-,9-/m1/s1. The fourth-order valence-corrected chi connectivity index (χ4v) is 1.38. The van der Waals surface area contributed by atoms with Crippen molar-refractivity contribution in [3.05, 3.63) is 27.8 Å². The third-order valence-corrected chi connectivity index (χ3v) is 2.40. The Kier molecular flexibility index (Phi) is 3.87.